The van der Waals surface area contributed by atoms with Crippen LogP contribution in [0.2, 0.25) is 0 Å². The Balaban J connectivity index is 2.63. The van der Waals surface area contributed by atoms with E-state index in [0.717, 1.165) is 11.5 Å². The second-order valence-electron chi connectivity index (χ2n) is 4.59. The summed E-state index contributed by atoms with van der Waals surface area (Å²) in [6, 6.07) is 1.06. The molecule has 0 aliphatic heterocycles. The summed E-state index contributed by atoms with van der Waals surface area (Å²) in [5.74, 6) is -0.868. The molecule has 0 aliphatic carbocycles. The molecule has 0 fully saturated rings. The monoisotopic (exact) mass is 369 g/mol. The molecule has 1 aromatic heterocycles. The van der Waals surface area contributed by atoms with E-state index < -0.39 is 35.0 Å². The van der Waals surface area contributed by atoms with E-state index in [9.17, 15) is 31.1 Å². The average Bonchev–Trinajstić information content (AvgIpc) is 2.94. The number of rotatable bonds is 3. The van der Waals surface area contributed by atoms with E-state index in [1.807, 2.05) is 0 Å². The lowest BCUT2D eigenvalue weighted by molar-refractivity contribution is -0.143. The van der Waals surface area contributed by atoms with Crippen LogP contribution in [0.1, 0.15) is 28.4 Å². The third kappa shape index (κ3) is 3.86. The number of ether oxygens (including phenoxy) is 1. The van der Waals surface area contributed by atoms with E-state index in [1.54, 1.807) is 0 Å². The molecule has 0 radical (unpaired) electrons. The zero-order valence-corrected chi connectivity index (χ0v) is 12.8. The Hall–Kier alpha value is -2.10. The van der Waals surface area contributed by atoms with Crippen molar-refractivity contribution in [2.75, 3.05) is 6.61 Å². The van der Waals surface area contributed by atoms with Crippen molar-refractivity contribution in [2.45, 2.75) is 19.3 Å². The zero-order chi connectivity index (χ0) is 18.1. The molecule has 0 N–H and O–H groups in total. The number of aromatic nitrogens is 1. The second kappa shape index (κ2) is 6.42. The van der Waals surface area contributed by atoms with Gasteiger partial charge in [-0.25, -0.2) is 4.79 Å². The molecule has 0 saturated heterocycles. The molecule has 2 aromatic rings. The van der Waals surface area contributed by atoms with Gasteiger partial charge in [-0.15, -0.1) is 0 Å². The lowest BCUT2D eigenvalue weighted by Gasteiger charge is -2.14. The van der Waals surface area contributed by atoms with Gasteiger partial charge in [0.2, 0.25) is 0 Å². The van der Waals surface area contributed by atoms with Gasteiger partial charge >= 0.3 is 18.3 Å². The third-order valence-electron chi connectivity index (χ3n) is 2.93. The quantitative estimate of drug-likeness (QED) is 0.563. The molecule has 0 bridgehead atoms. The van der Waals surface area contributed by atoms with Gasteiger partial charge in [-0.3, -0.25) is 0 Å². The first-order valence-electron chi connectivity index (χ1n) is 6.45. The van der Waals surface area contributed by atoms with Crippen molar-refractivity contribution >= 4 is 17.5 Å². The van der Waals surface area contributed by atoms with Crippen molar-refractivity contribution in [3.63, 3.8) is 0 Å². The first kappa shape index (κ1) is 18.2. The summed E-state index contributed by atoms with van der Waals surface area (Å²) in [6.07, 6.45) is -9.95. The number of hydrogen-bond donors (Lipinski definition) is 0. The normalized spacial score (nSPS) is 12.3. The maximum atomic E-state index is 12.9. The minimum Gasteiger partial charge on any atom is -0.462 e. The van der Waals surface area contributed by atoms with Crippen LogP contribution in [-0.4, -0.2) is 16.9 Å². The van der Waals surface area contributed by atoms with Gasteiger partial charge in [-0.1, -0.05) is 0 Å². The maximum Gasteiger partial charge on any atom is 0.416 e. The van der Waals surface area contributed by atoms with Crippen LogP contribution in [0.25, 0.3) is 11.3 Å². The summed E-state index contributed by atoms with van der Waals surface area (Å²) in [4.78, 5) is 11.8. The number of halogens is 6. The number of carbonyl (C=O) groups excluding carboxylic acids is 1. The van der Waals surface area contributed by atoms with E-state index in [-0.39, 0.29) is 23.9 Å². The van der Waals surface area contributed by atoms with Crippen LogP contribution in [-0.2, 0) is 17.1 Å². The van der Waals surface area contributed by atoms with Gasteiger partial charge in [0.25, 0.3) is 0 Å². The van der Waals surface area contributed by atoms with Crippen LogP contribution in [0.15, 0.2) is 23.6 Å². The zero-order valence-electron chi connectivity index (χ0n) is 12.0. The molecule has 130 valence electrons. The molecular formula is C14H9F6NO2S. The van der Waals surface area contributed by atoms with Crippen LogP contribution < -0.4 is 0 Å². The lowest BCUT2D eigenvalue weighted by atomic mass is 10.0. The lowest BCUT2D eigenvalue weighted by Crippen LogP contribution is -2.11. The van der Waals surface area contributed by atoms with E-state index >= 15 is 0 Å². The number of benzene rings is 1. The highest BCUT2D eigenvalue weighted by atomic mass is 32.1. The number of nitrogens with zero attached hydrogens (tertiary/aromatic N) is 1. The van der Waals surface area contributed by atoms with Crippen molar-refractivity contribution in [1.29, 1.82) is 0 Å². The van der Waals surface area contributed by atoms with Gasteiger partial charge in [0.1, 0.15) is 0 Å². The predicted octanol–water partition coefficient (Wildman–Crippen LogP) is 5.02. The number of carbonyl (C=O) groups is 1. The Morgan fingerprint density at radius 2 is 1.62 bits per heavy atom. The van der Waals surface area contributed by atoms with E-state index in [1.165, 1.54) is 12.3 Å². The Morgan fingerprint density at radius 1 is 1.08 bits per heavy atom. The largest absolute Gasteiger partial charge is 0.462 e. The number of esters is 1. The minimum atomic E-state index is -4.98. The van der Waals surface area contributed by atoms with Crippen LogP contribution in [0.3, 0.4) is 0 Å². The smallest absolute Gasteiger partial charge is 0.416 e. The predicted molar refractivity (Wildman–Crippen MR) is 73.5 cm³/mol. The fraction of sp³-hybridized carbons (Fsp3) is 0.286. The van der Waals surface area contributed by atoms with Crippen LogP contribution in [0, 0.1) is 0 Å². The highest BCUT2D eigenvalue weighted by Crippen LogP contribution is 2.39. The van der Waals surface area contributed by atoms with E-state index in [0.29, 0.717) is 12.1 Å². The Labute approximate surface area is 136 Å². The van der Waals surface area contributed by atoms with Crippen molar-refractivity contribution in [2.24, 2.45) is 0 Å². The SMILES string of the molecule is CCOC(=O)c1csnc1-c1cc(C(F)(F)F)cc(C(F)(F)F)c1. The van der Waals surface area contributed by atoms with Crippen molar-refractivity contribution in [3.8, 4) is 11.3 Å². The van der Waals surface area contributed by atoms with E-state index in [4.69, 9.17) is 4.74 Å². The molecule has 0 amide bonds. The van der Waals surface area contributed by atoms with Crippen molar-refractivity contribution in [1.82, 2.24) is 4.37 Å². The molecular weight excluding hydrogens is 360 g/mol. The average molecular weight is 369 g/mol. The molecule has 0 aliphatic rings. The summed E-state index contributed by atoms with van der Waals surface area (Å²) >= 11 is 0.729. The first-order valence-corrected chi connectivity index (χ1v) is 7.29. The molecule has 10 heteroatoms. The van der Waals surface area contributed by atoms with Gasteiger partial charge in [0, 0.05) is 10.9 Å². The van der Waals surface area contributed by atoms with Gasteiger partial charge in [0.15, 0.2) is 0 Å². The number of alkyl halides is 6. The summed E-state index contributed by atoms with van der Waals surface area (Å²) in [6.45, 7) is 1.52. The van der Waals surface area contributed by atoms with Gasteiger partial charge in [0.05, 0.1) is 29.0 Å². The molecule has 0 saturated carbocycles. The molecule has 2 rings (SSSR count). The highest BCUT2D eigenvalue weighted by Gasteiger charge is 2.37. The molecule has 0 atom stereocenters. The Bertz CT molecular complexity index is 718. The standard InChI is InChI=1S/C14H9F6NO2S/c1-2-23-12(22)10-6-24-21-11(10)7-3-8(13(15,16)17)5-9(4-7)14(18,19)20/h3-6H,2H2,1H3. The summed E-state index contributed by atoms with van der Waals surface area (Å²) in [7, 11) is 0. The van der Waals surface area contributed by atoms with Gasteiger partial charge < -0.3 is 4.74 Å². The number of hydrogen-bond acceptors (Lipinski definition) is 4. The second-order valence-corrected chi connectivity index (χ2v) is 5.22. The molecule has 0 unspecified atom stereocenters. The Kier molecular flexibility index (Phi) is 4.88. The van der Waals surface area contributed by atoms with Crippen molar-refractivity contribution < 1.29 is 35.9 Å². The van der Waals surface area contributed by atoms with Gasteiger partial charge in [-0.05, 0) is 36.7 Å². The summed E-state index contributed by atoms with van der Waals surface area (Å²) < 4.78 is 85.8. The van der Waals surface area contributed by atoms with E-state index in [2.05, 4.69) is 4.37 Å². The van der Waals surface area contributed by atoms with Crippen LogP contribution in [0.4, 0.5) is 26.3 Å². The highest BCUT2D eigenvalue weighted by molar-refractivity contribution is 7.04. The maximum absolute atomic E-state index is 12.9. The molecule has 3 nitrogen and oxygen atoms in total. The van der Waals surface area contributed by atoms with Crippen LogP contribution >= 0.6 is 11.5 Å². The van der Waals surface area contributed by atoms with Gasteiger partial charge in [-0.2, -0.15) is 30.7 Å². The van der Waals surface area contributed by atoms with Crippen LogP contribution in [0.5, 0.6) is 0 Å². The summed E-state index contributed by atoms with van der Waals surface area (Å²) in [5, 5.41) is 1.21. The molecule has 0 spiro atoms. The first-order chi connectivity index (χ1) is 11.0. The molecule has 24 heavy (non-hydrogen) atoms. The molecule has 1 heterocycles. The summed E-state index contributed by atoms with van der Waals surface area (Å²) in [5.41, 5.74) is -3.88. The Morgan fingerprint density at radius 3 is 2.08 bits per heavy atom. The third-order valence-corrected chi connectivity index (χ3v) is 3.56. The topological polar surface area (TPSA) is 39.2 Å². The minimum absolute atomic E-state index is 0.00448. The van der Waals surface area contributed by atoms with Crippen molar-refractivity contribution in [3.05, 3.63) is 40.3 Å². The fourth-order valence-corrected chi connectivity index (χ4v) is 2.57. The molecule has 1 aromatic carbocycles. The fourth-order valence-electron chi connectivity index (χ4n) is 1.89.